The zero-order chi connectivity index (χ0) is 18.9. The van der Waals surface area contributed by atoms with Gasteiger partial charge in [-0.1, -0.05) is 60.7 Å². The number of benzene rings is 2. The minimum Gasteiger partial charge on any atom is -0.320 e. The third kappa shape index (κ3) is 6.12. The molecule has 0 aromatic heterocycles. The molecule has 2 atom stereocenters. The molecule has 0 radical (unpaired) electrons. The molecule has 0 bridgehead atoms. The Morgan fingerprint density at radius 2 is 1.12 bits per heavy atom. The van der Waals surface area contributed by atoms with Crippen molar-refractivity contribution in [2.75, 3.05) is 0 Å². The molecule has 7 nitrogen and oxygen atoms in total. The standard InChI is InChI=1S/C19H23N5O2/c20-15(11-13-7-3-1-4-8-13)17(25)23-19(22)24-18(26)16(21)12-14-9-5-2-6-10-14/h1-10,15-16H,11-12,20-21H2,(H3,22,23,24,25,26). The van der Waals surface area contributed by atoms with Gasteiger partial charge in [-0.3, -0.25) is 25.6 Å². The molecule has 2 unspecified atom stereocenters. The maximum absolute atomic E-state index is 12.0. The number of amides is 2. The first-order chi connectivity index (χ1) is 12.5. The minimum atomic E-state index is -0.826. The molecule has 26 heavy (non-hydrogen) atoms. The maximum atomic E-state index is 12.0. The first-order valence-electron chi connectivity index (χ1n) is 8.25. The fourth-order valence-electron chi connectivity index (χ4n) is 2.38. The molecular formula is C19H23N5O2. The number of carbonyl (C=O) groups excluding carboxylic acids is 2. The Morgan fingerprint density at radius 3 is 1.46 bits per heavy atom. The lowest BCUT2D eigenvalue weighted by molar-refractivity contribution is -0.121. The molecule has 0 spiro atoms. The van der Waals surface area contributed by atoms with E-state index in [1.54, 1.807) is 0 Å². The first kappa shape index (κ1) is 19.3. The van der Waals surface area contributed by atoms with Crippen molar-refractivity contribution in [3.05, 3.63) is 71.8 Å². The van der Waals surface area contributed by atoms with Crippen molar-refractivity contribution in [3.63, 3.8) is 0 Å². The molecule has 0 saturated heterocycles. The second-order valence-electron chi connectivity index (χ2n) is 5.95. The van der Waals surface area contributed by atoms with Crippen LogP contribution in [0.2, 0.25) is 0 Å². The summed E-state index contributed by atoms with van der Waals surface area (Å²) in [6.45, 7) is 0. The van der Waals surface area contributed by atoms with Gasteiger partial charge in [0, 0.05) is 0 Å². The molecule has 7 heteroatoms. The monoisotopic (exact) mass is 353 g/mol. The highest BCUT2D eigenvalue weighted by molar-refractivity contribution is 6.05. The van der Waals surface area contributed by atoms with Crippen LogP contribution in [0.4, 0.5) is 0 Å². The minimum absolute atomic E-state index is 0.335. The van der Waals surface area contributed by atoms with Crippen LogP contribution in [0, 0.1) is 5.41 Å². The molecule has 0 aliphatic heterocycles. The lowest BCUT2D eigenvalue weighted by Crippen LogP contribution is -2.53. The fraction of sp³-hybridized carbons (Fsp3) is 0.211. The van der Waals surface area contributed by atoms with Gasteiger partial charge >= 0.3 is 0 Å². The van der Waals surface area contributed by atoms with E-state index in [2.05, 4.69) is 10.6 Å². The number of guanidine groups is 1. The number of nitrogens with one attached hydrogen (secondary N) is 3. The van der Waals surface area contributed by atoms with Gasteiger partial charge in [-0.2, -0.15) is 0 Å². The van der Waals surface area contributed by atoms with Gasteiger partial charge in [-0.25, -0.2) is 0 Å². The van der Waals surface area contributed by atoms with Gasteiger partial charge in [-0.05, 0) is 24.0 Å². The largest absolute Gasteiger partial charge is 0.320 e. The SMILES string of the molecule is N=C(NC(=O)C(N)Cc1ccccc1)NC(=O)C(N)Cc1ccccc1. The van der Waals surface area contributed by atoms with E-state index < -0.39 is 29.9 Å². The number of rotatable bonds is 6. The van der Waals surface area contributed by atoms with Crippen molar-refractivity contribution >= 4 is 17.8 Å². The Kier molecular flexibility index (Phi) is 7.02. The number of hydrogen-bond donors (Lipinski definition) is 5. The molecule has 2 aromatic rings. The molecule has 0 heterocycles. The van der Waals surface area contributed by atoms with Crippen LogP contribution >= 0.6 is 0 Å². The van der Waals surface area contributed by atoms with E-state index in [9.17, 15) is 9.59 Å². The van der Waals surface area contributed by atoms with E-state index in [1.165, 1.54) is 0 Å². The van der Waals surface area contributed by atoms with E-state index in [0.717, 1.165) is 11.1 Å². The van der Waals surface area contributed by atoms with E-state index in [0.29, 0.717) is 12.8 Å². The van der Waals surface area contributed by atoms with Crippen molar-refractivity contribution in [2.45, 2.75) is 24.9 Å². The summed E-state index contributed by atoms with van der Waals surface area (Å²) in [5.41, 5.74) is 13.5. The van der Waals surface area contributed by atoms with Gasteiger partial charge in [0.15, 0.2) is 0 Å². The van der Waals surface area contributed by atoms with E-state index in [4.69, 9.17) is 16.9 Å². The van der Waals surface area contributed by atoms with Gasteiger partial charge in [-0.15, -0.1) is 0 Å². The van der Waals surface area contributed by atoms with Crippen LogP contribution in [0.5, 0.6) is 0 Å². The van der Waals surface area contributed by atoms with Crippen LogP contribution in [0.15, 0.2) is 60.7 Å². The summed E-state index contributed by atoms with van der Waals surface area (Å²) in [5, 5.41) is 12.3. The summed E-state index contributed by atoms with van der Waals surface area (Å²) < 4.78 is 0. The molecule has 0 fully saturated rings. The maximum Gasteiger partial charge on any atom is 0.243 e. The quantitative estimate of drug-likeness (QED) is 0.377. The van der Waals surface area contributed by atoms with Crippen molar-refractivity contribution in [1.29, 1.82) is 5.41 Å². The summed E-state index contributed by atoms with van der Waals surface area (Å²) in [5.74, 6) is -1.53. The van der Waals surface area contributed by atoms with Crippen molar-refractivity contribution in [2.24, 2.45) is 11.5 Å². The predicted molar refractivity (Wildman–Crippen MR) is 100 cm³/mol. The summed E-state index contributed by atoms with van der Waals surface area (Å²) in [6, 6.07) is 17.0. The highest BCUT2D eigenvalue weighted by Gasteiger charge is 2.19. The highest BCUT2D eigenvalue weighted by atomic mass is 16.2. The van der Waals surface area contributed by atoms with Gasteiger partial charge in [0.2, 0.25) is 17.8 Å². The second-order valence-corrected chi connectivity index (χ2v) is 5.95. The summed E-state index contributed by atoms with van der Waals surface area (Å²) in [4.78, 5) is 24.1. The Labute approximate surface area is 152 Å². The van der Waals surface area contributed by atoms with Crippen LogP contribution in [0.1, 0.15) is 11.1 Å². The van der Waals surface area contributed by atoms with E-state index in [1.807, 2.05) is 60.7 Å². The van der Waals surface area contributed by atoms with Gasteiger partial charge in [0.25, 0.3) is 0 Å². The third-order valence-electron chi connectivity index (χ3n) is 3.77. The summed E-state index contributed by atoms with van der Waals surface area (Å²) in [7, 11) is 0. The Balaban J connectivity index is 1.79. The molecule has 2 aromatic carbocycles. The molecule has 0 aliphatic carbocycles. The molecule has 0 saturated carbocycles. The van der Waals surface area contributed by atoms with Gasteiger partial charge in [0.1, 0.15) is 0 Å². The van der Waals surface area contributed by atoms with Crippen molar-refractivity contribution < 1.29 is 9.59 Å². The second kappa shape index (κ2) is 9.45. The zero-order valence-corrected chi connectivity index (χ0v) is 14.3. The average Bonchev–Trinajstić information content (AvgIpc) is 2.63. The summed E-state index contributed by atoms with van der Waals surface area (Å²) >= 11 is 0. The third-order valence-corrected chi connectivity index (χ3v) is 3.77. The van der Waals surface area contributed by atoms with Gasteiger partial charge < -0.3 is 11.5 Å². The van der Waals surface area contributed by atoms with Crippen LogP contribution in [0.25, 0.3) is 0 Å². The zero-order valence-electron chi connectivity index (χ0n) is 14.3. The Morgan fingerprint density at radius 1 is 0.769 bits per heavy atom. The van der Waals surface area contributed by atoms with Crippen molar-refractivity contribution in [1.82, 2.24) is 10.6 Å². The molecule has 0 aliphatic rings. The molecule has 2 rings (SSSR count). The molecule has 136 valence electrons. The fourth-order valence-corrected chi connectivity index (χ4v) is 2.38. The van der Waals surface area contributed by atoms with E-state index in [-0.39, 0.29) is 0 Å². The van der Waals surface area contributed by atoms with Crippen LogP contribution in [-0.4, -0.2) is 29.9 Å². The first-order valence-corrected chi connectivity index (χ1v) is 8.25. The topological polar surface area (TPSA) is 134 Å². The van der Waals surface area contributed by atoms with E-state index >= 15 is 0 Å². The Hall–Kier alpha value is -3.03. The number of hydrogen-bond acceptors (Lipinski definition) is 5. The molecule has 7 N–H and O–H groups in total. The normalized spacial score (nSPS) is 12.7. The average molecular weight is 353 g/mol. The van der Waals surface area contributed by atoms with Crippen molar-refractivity contribution in [3.8, 4) is 0 Å². The Bertz CT molecular complexity index is 686. The van der Waals surface area contributed by atoms with Crippen LogP contribution in [-0.2, 0) is 22.4 Å². The predicted octanol–water partition coefficient (Wildman–Crippen LogP) is 0.294. The summed E-state index contributed by atoms with van der Waals surface area (Å²) in [6.07, 6.45) is 0.669. The lowest BCUT2D eigenvalue weighted by Gasteiger charge is -2.15. The van der Waals surface area contributed by atoms with Crippen LogP contribution in [0.3, 0.4) is 0 Å². The van der Waals surface area contributed by atoms with Crippen LogP contribution < -0.4 is 22.1 Å². The highest BCUT2D eigenvalue weighted by Crippen LogP contribution is 2.03. The molecular weight excluding hydrogens is 330 g/mol. The van der Waals surface area contributed by atoms with Gasteiger partial charge in [0.05, 0.1) is 12.1 Å². The molecule has 2 amide bonds. The number of carbonyl (C=O) groups is 2. The lowest BCUT2D eigenvalue weighted by atomic mass is 10.1. The number of nitrogens with two attached hydrogens (primary N) is 2. The smallest absolute Gasteiger partial charge is 0.243 e.